The SMILES string of the molecule is O=C(NCS(=O)O)c1ccc(OCC2CCCC2)cc1. The van der Waals surface area contributed by atoms with Crippen LogP contribution in [0.5, 0.6) is 5.75 Å². The van der Waals surface area contributed by atoms with E-state index in [1.54, 1.807) is 24.3 Å². The molecule has 0 bridgehead atoms. The normalized spacial score (nSPS) is 16.9. The highest BCUT2D eigenvalue weighted by molar-refractivity contribution is 7.79. The maximum Gasteiger partial charge on any atom is 0.252 e. The minimum Gasteiger partial charge on any atom is -0.493 e. The average Bonchev–Trinajstić information content (AvgIpc) is 2.96. The van der Waals surface area contributed by atoms with Crippen LogP contribution >= 0.6 is 0 Å². The second-order valence-electron chi connectivity index (χ2n) is 4.96. The predicted molar refractivity (Wildman–Crippen MR) is 77.0 cm³/mol. The van der Waals surface area contributed by atoms with Gasteiger partial charge in [-0.15, -0.1) is 0 Å². The summed E-state index contributed by atoms with van der Waals surface area (Å²) in [6, 6.07) is 6.80. The van der Waals surface area contributed by atoms with Gasteiger partial charge in [0, 0.05) is 5.56 Å². The highest BCUT2D eigenvalue weighted by atomic mass is 32.2. The van der Waals surface area contributed by atoms with Crippen molar-refractivity contribution < 1.29 is 18.3 Å². The van der Waals surface area contributed by atoms with Gasteiger partial charge in [-0.1, -0.05) is 12.8 Å². The first-order valence-corrected chi connectivity index (χ1v) is 8.01. The second kappa shape index (κ2) is 7.40. The molecule has 0 radical (unpaired) electrons. The van der Waals surface area contributed by atoms with E-state index in [0.29, 0.717) is 11.5 Å². The molecule has 1 saturated carbocycles. The van der Waals surface area contributed by atoms with E-state index < -0.39 is 11.1 Å². The summed E-state index contributed by atoms with van der Waals surface area (Å²) in [6.45, 7) is 0.731. The third kappa shape index (κ3) is 4.61. The van der Waals surface area contributed by atoms with E-state index in [9.17, 15) is 9.00 Å². The van der Waals surface area contributed by atoms with Crippen molar-refractivity contribution in [3.63, 3.8) is 0 Å². The number of amides is 1. The van der Waals surface area contributed by atoms with Crippen LogP contribution in [-0.4, -0.2) is 27.2 Å². The van der Waals surface area contributed by atoms with Gasteiger partial charge < -0.3 is 14.6 Å². The monoisotopic (exact) mass is 297 g/mol. The van der Waals surface area contributed by atoms with Crippen LogP contribution in [0.25, 0.3) is 0 Å². The summed E-state index contributed by atoms with van der Waals surface area (Å²) in [6.07, 6.45) is 5.05. The van der Waals surface area contributed by atoms with Gasteiger partial charge in [0.15, 0.2) is 11.1 Å². The number of benzene rings is 1. The Morgan fingerprint density at radius 2 is 1.95 bits per heavy atom. The first-order valence-electron chi connectivity index (χ1n) is 6.73. The molecule has 0 aliphatic heterocycles. The number of hydrogen-bond donors (Lipinski definition) is 2. The Morgan fingerprint density at radius 3 is 2.55 bits per heavy atom. The maximum atomic E-state index is 11.6. The lowest BCUT2D eigenvalue weighted by molar-refractivity contribution is 0.0959. The zero-order chi connectivity index (χ0) is 14.4. The molecule has 1 aliphatic carbocycles. The predicted octanol–water partition coefficient (Wildman–Crippen LogP) is 2.16. The topological polar surface area (TPSA) is 75.6 Å². The van der Waals surface area contributed by atoms with E-state index in [1.807, 2.05) is 0 Å². The number of carbonyl (C=O) groups is 1. The zero-order valence-corrected chi connectivity index (χ0v) is 12.0. The molecular formula is C14H19NO4S. The molecule has 5 nitrogen and oxygen atoms in total. The molecule has 1 amide bonds. The Hall–Kier alpha value is -1.40. The largest absolute Gasteiger partial charge is 0.493 e. The lowest BCUT2D eigenvalue weighted by Gasteiger charge is -2.11. The van der Waals surface area contributed by atoms with Crippen molar-refractivity contribution in [1.29, 1.82) is 0 Å². The van der Waals surface area contributed by atoms with Gasteiger partial charge >= 0.3 is 0 Å². The fourth-order valence-corrected chi connectivity index (χ4v) is 2.58. The van der Waals surface area contributed by atoms with Crippen LogP contribution < -0.4 is 10.1 Å². The van der Waals surface area contributed by atoms with E-state index in [-0.39, 0.29) is 11.8 Å². The Kier molecular flexibility index (Phi) is 5.55. The van der Waals surface area contributed by atoms with E-state index in [2.05, 4.69) is 5.32 Å². The fraction of sp³-hybridized carbons (Fsp3) is 0.500. The van der Waals surface area contributed by atoms with Gasteiger partial charge in [0.05, 0.1) is 6.61 Å². The van der Waals surface area contributed by atoms with E-state index >= 15 is 0 Å². The van der Waals surface area contributed by atoms with Crippen molar-refractivity contribution in [2.45, 2.75) is 25.7 Å². The van der Waals surface area contributed by atoms with Crippen molar-refractivity contribution in [2.75, 3.05) is 12.5 Å². The summed E-state index contributed by atoms with van der Waals surface area (Å²) in [5, 5.41) is 2.36. The zero-order valence-electron chi connectivity index (χ0n) is 11.2. The van der Waals surface area contributed by atoms with E-state index in [0.717, 1.165) is 12.4 Å². The van der Waals surface area contributed by atoms with Crippen LogP contribution in [0.2, 0.25) is 0 Å². The lowest BCUT2D eigenvalue weighted by atomic mass is 10.1. The van der Waals surface area contributed by atoms with Gasteiger partial charge in [-0.25, -0.2) is 4.21 Å². The molecular weight excluding hydrogens is 278 g/mol. The van der Waals surface area contributed by atoms with Crippen LogP contribution in [0.4, 0.5) is 0 Å². The van der Waals surface area contributed by atoms with Crippen molar-refractivity contribution in [1.82, 2.24) is 5.32 Å². The van der Waals surface area contributed by atoms with Crippen LogP contribution in [0.1, 0.15) is 36.0 Å². The van der Waals surface area contributed by atoms with Crippen LogP contribution in [0.15, 0.2) is 24.3 Å². The summed E-state index contributed by atoms with van der Waals surface area (Å²) >= 11 is -2.03. The lowest BCUT2D eigenvalue weighted by Crippen LogP contribution is -2.26. The number of ether oxygens (including phenoxy) is 1. The van der Waals surface area contributed by atoms with Gasteiger partial charge in [0.1, 0.15) is 11.6 Å². The number of carbonyl (C=O) groups excluding carboxylic acids is 1. The van der Waals surface area contributed by atoms with Gasteiger partial charge in [-0.2, -0.15) is 0 Å². The first kappa shape index (κ1) is 15.0. The van der Waals surface area contributed by atoms with Crippen molar-refractivity contribution in [3.8, 4) is 5.75 Å². The molecule has 1 atom stereocenters. The van der Waals surface area contributed by atoms with Crippen LogP contribution in [0.3, 0.4) is 0 Å². The molecule has 1 aromatic carbocycles. The quantitative estimate of drug-likeness (QED) is 0.789. The number of hydrogen-bond acceptors (Lipinski definition) is 3. The van der Waals surface area contributed by atoms with Crippen molar-refractivity contribution >= 4 is 17.0 Å². The number of rotatable bonds is 6. The summed E-state index contributed by atoms with van der Waals surface area (Å²) < 4.78 is 24.8. The third-order valence-electron chi connectivity index (χ3n) is 3.43. The van der Waals surface area contributed by atoms with Gasteiger partial charge in [-0.05, 0) is 43.0 Å². The van der Waals surface area contributed by atoms with Crippen LogP contribution in [-0.2, 0) is 11.1 Å². The van der Waals surface area contributed by atoms with Crippen molar-refractivity contribution in [3.05, 3.63) is 29.8 Å². The average molecular weight is 297 g/mol. The molecule has 1 aromatic rings. The molecule has 1 fully saturated rings. The highest BCUT2D eigenvalue weighted by Gasteiger charge is 2.15. The molecule has 0 aromatic heterocycles. The minimum absolute atomic E-state index is 0.265. The molecule has 0 heterocycles. The second-order valence-corrected chi connectivity index (χ2v) is 5.89. The minimum atomic E-state index is -2.03. The molecule has 6 heteroatoms. The summed E-state index contributed by atoms with van der Waals surface area (Å²) in [4.78, 5) is 11.6. The molecule has 2 N–H and O–H groups in total. The summed E-state index contributed by atoms with van der Waals surface area (Å²) in [7, 11) is 0. The molecule has 1 unspecified atom stereocenters. The Morgan fingerprint density at radius 1 is 1.30 bits per heavy atom. The molecule has 1 aliphatic rings. The van der Waals surface area contributed by atoms with Crippen molar-refractivity contribution in [2.24, 2.45) is 5.92 Å². The Balaban J connectivity index is 1.82. The maximum absolute atomic E-state index is 11.6. The molecule has 20 heavy (non-hydrogen) atoms. The Bertz CT molecular complexity index is 469. The smallest absolute Gasteiger partial charge is 0.252 e. The van der Waals surface area contributed by atoms with Gasteiger partial charge in [0.2, 0.25) is 0 Å². The van der Waals surface area contributed by atoms with E-state index in [4.69, 9.17) is 9.29 Å². The fourth-order valence-electron chi connectivity index (χ4n) is 2.32. The molecule has 0 saturated heterocycles. The number of nitrogens with one attached hydrogen (secondary N) is 1. The van der Waals surface area contributed by atoms with Gasteiger partial charge in [-0.3, -0.25) is 4.79 Å². The van der Waals surface area contributed by atoms with E-state index in [1.165, 1.54) is 25.7 Å². The first-order chi connectivity index (χ1) is 9.65. The standard InChI is InChI=1S/C14H19NO4S/c16-14(15-10-20(17)18)12-5-7-13(8-6-12)19-9-11-3-1-2-4-11/h5-8,11H,1-4,9-10H2,(H,15,16)(H,17,18). The third-order valence-corrected chi connectivity index (χ3v) is 3.82. The Labute approximate surface area is 121 Å². The summed E-state index contributed by atoms with van der Waals surface area (Å²) in [5.41, 5.74) is 0.448. The summed E-state index contributed by atoms with van der Waals surface area (Å²) in [5.74, 6) is 0.769. The van der Waals surface area contributed by atoms with Gasteiger partial charge in [0.25, 0.3) is 5.91 Å². The molecule has 0 spiro atoms. The van der Waals surface area contributed by atoms with Crippen LogP contribution in [0, 0.1) is 5.92 Å². The molecule has 110 valence electrons. The molecule has 2 rings (SSSR count). The highest BCUT2D eigenvalue weighted by Crippen LogP contribution is 2.25.